The highest BCUT2D eigenvalue weighted by molar-refractivity contribution is 5.73. The van der Waals surface area contributed by atoms with Crippen molar-refractivity contribution in [3.8, 4) is 11.5 Å². The van der Waals surface area contributed by atoms with E-state index in [9.17, 15) is 4.79 Å². The van der Waals surface area contributed by atoms with E-state index < -0.39 is 12.0 Å². The van der Waals surface area contributed by atoms with Crippen LogP contribution in [0.4, 0.5) is 5.69 Å². The molecule has 23 heavy (non-hydrogen) atoms. The molecule has 0 aliphatic heterocycles. The van der Waals surface area contributed by atoms with E-state index in [4.69, 9.17) is 31.5 Å². The molecule has 8 nitrogen and oxygen atoms in total. The Morgan fingerprint density at radius 3 is 2.09 bits per heavy atom. The second kappa shape index (κ2) is 8.59. The summed E-state index contributed by atoms with van der Waals surface area (Å²) in [4.78, 5) is 10.4. The highest BCUT2D eigenvalue weighted by Gasteiger charge is 2.12. The Labute approximate surface area is 132 Å². The quantitative estimate of drug-likeness (QED) is 0.365. The lowest BCUT2D eigenvalue weighted by Gasteiger charge is -2.06. The summed E-state index contributed by atoms with van der Waals surface area (Å²) in [5.74, 6) is -1.62. The smallest absolute Gasteiger partial charge is 0.320 e. The number of carboxylic acid groups (broad SMARTS) is 1. The summed E-state index contributed by atoms with van der Waals surface area (Å²) in [5.41, 5.74) is 6.22. The first-order valence-corrected chi connectivity index (χ1v) is 6.53. The lowest BCUT2D eigenvalue weighted by Crippen LogP contribution is -2.32. The van der Waals surface area contributed by atoms with Crippen molar-refractivity contribution in [2.24, 2.45) is 5.73 Å². The van der Waals surface area contributed by atoms with Crippen LogP contribution >= 0.6 is 0 Å². The fourth-order valence-electron chi connectivity index (χ4n) is 1.60. The fourth-order valence-corrected chi connectivity index (χ4v) is 1.60. The van der Waals surface area contributed by atoms with E-state index in [2.05, 4.69) is 0 Å². The summed E-state index contributed by atoms with van der Waals surface area (Å²) in [6, 6.07) is 11.5. The minimum Gasteiger partial charge on any atom is -0.504 e. The first kappa shape index (κ1) is 18.2. The Bertz CT molecular complexity index is 633. The second-order valence-corrected chi connectivity index (χ2v) is 4.60. The normalized spacial score (nSPS) is 11.1. The summed E-state index contributed by atoms with van der Waals surface area (Å²) < 4.78 is 0. The molecule has 8 heteroatoms. The van der Waals surface area contributed by atoms with Crippen molar-refractivity contribution in [2.75, 3.05) is 5.23 Å². The van der Waals surface area contributed by atoms with Gasteiger partial charge in [0.05, 0.1) is 5.69 Å². The molecule has 0 aliphatic rings. The van der Waals surface area contributed by atoms with Gasteiger partial charge in [0, 0.05) is 0 Å². The van der Waals surface area contributed by atoms with Crippen LogP contribution in [0.1, 0.15) is 5.56 Å². The van der Waals surface area contributed by atoms with E-state index >= 15 is 0 Å². The first-order valence-electron chi connectivity index (χ1n) is 6.53. The molecule has 0 saturated heterocycles. The van der Waals surface area contributed by atoms with Crippen LogP contribution in [-0.2, 0) is 11.2 Å². The third-order valence-corrected chi connectivity index (χ3v) is 2.80. The molecule has 0 amide bonds. The molecule has 0 heterocycles. The van der Waals surface area contributed by atoms with Crippen LogP contribution in [0.2, 0.25) is 0 Å². The Balaban J connectivity index is 0.000000253. The zero-order valence-corrected chi connectivity index (χ0v) is 12.1. The molecule has 7 N–H and O–H groups in total. The number of anilines is 1. The highest BCUT2D eigenvalue weighted by Crippen LogP contribution is 2.25. The zero-order chi connectivity index (χ0) is 17.4. The number of nitrogens with two attached hydrogens (primary N) is 1. The van der Waals surface area contributed by atoms with Gasteiger partial charge in [-0.05, 0) is 36.2 Å². The minimum atomic E-state index is -1.10. The average Bonchev–Trinajstić information content (AvgIpc) is 2.52. The van der Waals surface area contributed by atoms with Gasteiger partial charge in [0.15, 0.2) is 11.5 Å². The van der Waals surface area contributed by atoms with Crippen molar-refractivity contribution < 1.29 is 30.5 Å². The SMILES string of the molecule is NC(Cc1ccc(O)c(O)c1)C(=O)O.ON(O)c1ccccc1. The number of aromatic hydroxyl groups is 2. The van der Waals surface area contributed by atoms with Gasteiger partial charge in [0.25, 0.3) is 0 Å². The molecule has 0 spiro atoms. The molecule has 124 valence electrons. The molecule has 2 aromatic rings. The Hall–Kier alpha value is -2.81. The largest absolute Gasteiger partial charge is 0.504 e. The molecule has 2 rings (SSSR count). The molecule has 0 fully saturated rings. The number of carbonyl (C=O) groups is 1. The third-order valence-electron chi connectivity index (χ3n) is 2.80. The van der Waals surface area contributed by atoms with Gasteiger partial charge in [-0.2, -0.15) is 0 Å². The van der Waals surface area contributed by atoms with Crippen LogP contribution in [0.25, 0.3) is 0 Å². The highest BCUT2D eigenvalue weighted by atomic mass is 16.8. The van der Waals surface area contributed by atoms with Crippen LogP contribution in [0.15, 0.2) is 48.5 Å². The van der Waals surface area contributed by atoms with Gasteiger partial charge in [-0.3, -0.25) is 15.2 Å². The molecular weight excluding hydrogens is 304 g/mol. The van der Waals surface area contributed by atoms with E-state index in [1.54, 1.807) is 30.3 Å². The number of hydrogen-bond donors (Lipinski definition) is 6. The van der Waals surface area contributed by atoms with E-state index in [0.29, 0.717) is 11.3 Å². The Morgan fingerprint density at radius 2 is 1.65 bits per heavy atom. The molecule has 0 bridgehead atoms. The van der Waals surface area contributed by atoms with Crippen molar-refractivity contribution in [1.82, 2.24) is 0 Å². The summed E-state index contributed by atoms with van der Waals surface area (Å²) in [5, 5.41) is 43.5. The second-order valence-electron chi connectivity index (χ2n) is 4.60. The lowest BCUT2D eigenvalue weighted by molar-refractivity contribution is -0.138. The minimum absolute atomic E-state index is 0.0833. The fraction of sp³-hybridized carbons (Fsp3) is 0.133. The van der Waals surface area contributed by atoms with Crippen LogP contribution in [0.3, 0.4) is 0 Å². The number of benzene rings is 2. The maximum atomic E-state index is 10.4. The van der Waals surface area contributed by atoms with Gasteiger partial charge in [-0.25, -0.2) is 0 Å². The van der Waals surface area contributed by atoms with Crippen molar-refractivity contribution in [3.05, 3.63) is 54.1 Å². The van der Waals surface area contributed by atoms with Crippen LogP contribution in [0.5, 0.6) is 11.5 Å². The van der Waals surface area contributed by atoms with Gasteiger partial charge in [0.1, 0.15) is 6.04 Å². The van der Waals surface area contributed by atoms with Crippen molar-refractivity contribution in [3.63, 3.8) is 0 Å². The number of phenols is 2. The summed E-state index contributed by atoms with van der Waals surface area (Å²) in [7, 11) is 0. The van der Waals surface area contributed by atoms with Crippen molar-refractivity contribution >= 4 is 11.7 Å². The summed E-state index contributed by atoms with van der Waals surface area (Å²) in [6.45, 7) is 0. The van der Waals surface area contributed by atoms with Crippen LogP contribution < -0.4 is 11.0 Å². The molecule has 0 aliphatic carbocycles. The van der Waals surface area contributed by atoms with Gasteiger partial charge >= 0.3 is 5.97 Å². The zero-order valence-electron chi connectivity index (χ0n) is 12.1. The molecule has 1 unspecified atom stereocenters. The molecule has 0 radical (unpaired) electrons. The number of hydrogen-bond acceptors (Lipinski definition) is 7. The molecule has 0 aromatic heterocycles. The number of para-hydroxylation sites is 1. The van der Waals surface area contributed by atoms with E-state index in [1.165, 1.54) is 18.2 Å². The number of phenolic OH excluding ortho intramolecular Hbond substituents is 2. The molecule has 0 saturated carbocycles. The van der Waals surface area contributed by atoms with E-state index in [-0.39, 0.29) is 23.1 Å². The van der Waals surface area contributed by atoms with Crippen LogP contribution in [-0.4, -0.2) is 37.7 Å². The van der Waals surface area contributed by atoms with Gasteiger partial charge in [-0.1, -0.05) is 24.3 Å². The van der Waals surface area contributed by atoms with E-state index in [0.717, 1.165) is 0 Å². The lowest BCUT2D eigenvalue weighted by atomic mass is 10.1. The van der Waals surface area contributed by atoms with Crippen LogP contribution in [0, 0.1) is 0 Å². The van der Waals surface area contributed by atoms with Crippen molar-refractivity contribution in [1.29, 1.82) is 0 Å². The maximum absolute atomic E-state index is 10.4. The maximum Gasteiger partial charge on any atom is 0.320 e. The molecule has 2 aromatic carbocycles. The number of aliphatic carboxylic acids is 1. The third kappa shape index (κ3) is 6.22. The Morgan fingerprint density at radius 1 is 1.04 bits per heavy atom. The number of carboxylic acids is 1. The predicted octanol–water partition coefficient (Wildman–Crippen LogP) is 1.32. The Kier molecular flexibility index (Phi) is 6.81. The van der Waals surface area contributed by atoms with Gasteiger partial charge in [-0.15, -0.1) is 5.23 Å². The number of rotatable bonds is 4. The van der Waals surface area contributed by atoms with Gasteiger partial charge < -0.3 is 21.1 Å². The average molecular weight is 322 g/mol. The van der Waals surface area contributed by atoms with Gasteiger partial charge in [0.2, 0.25) is 0 Å². The van der Waals surface area contributed by atoms with Crippen molar-refractivity contribution in [2.45, 2.75) is 12.5 Å². The van der Waals surface area contributed by atoms with E-state index in [1.807, 2.05) is 0 Å². The standard InChI is InChI=1S/C9H11NO4.C6H7NO2/c10-6(9(13)14)3-5-1-2-7(11)8(12)4-5;8-7(9)6-4-2-1-3-5-6/h1-2,4,6,11-12H,3,10H2,(H,13,14);1-5,8-9H. The summed E-state index contributed by atoms with van der Waals surface area (Å²) in [6.07, 6.45) is 0.114. The summed E-state index contributed by atoms with van der Waals surface area (Å²) >= 11 is 0. The molecular formula is C15H18N2O6. The monoisotopic (exact) mass is 322 g/mol. The predicted molar refractivity (Wildman–Crippen MR) is 81.6 cm³/mol. The first-order chi connectivity index (χ1) is 10.8. The molecule has 1 atom stereocenters. The number of nitrogens with zero attached hydrogens (tertiary/aromatic N) is 1. The topological polar surface area (TPSA) is 147 Å².